The summed E-state index contributed by atoms with van der Waals surface area (Å²) >= 11 is 0. The first-order chi connectivity index (χ1) is 17.7. The highest BCUT2D eigenvalue weighted by molar-refractivity contribution is 5.56. The summed E-state index contributed by atoms with van der Waals surface area (Å²) in [5.41, 5.74) is 4.69. The number of imidazole rings is 1. The Morgan fingerprint density at radius 1 is 0.917 bits per heavy atom. The molecule has 0 unspecified atom stereocenters. The van der Waals surface area contributed by atoms with Crippen molar-refractivity contribution in [1.29, 1.82) is 0 Å². The van der Waals surface area contributed by atoms with Crippen LogP contribution >= 0.6 is 0 Å². The standard InChI is InChI=1S/C30H33N3O3/c1-3-4-16-33-26(18-31-30(33)24-10-6-5-7-11-24)21-32(20-25-12-8-9-13-27(25)34-2)19-23-14-15-28-29(17-23)36-22-35-28/h5-15,17-18H,3-4,16,19-22H2,1-2H3. The Labute approximate surface area is 213 Å². The number of fused-ring (bicyclic) bond motifs is 1. The van der Waals surface area contributed by atoms with Crippen LogP contribution in [0.1, 0.15) is 36.6 Å². The highest BCUT2D eigenvalue weighted by Gasteiger charge is 2.19. The van der Waals surface area contributed by atoms with Crippen LogP contribution in [0.2, 0.25) is 0 Å². The molecule has 0 bridgehead atoms. The monoisotopic (exact) mass is 483 g/mol. The fourth-order valence-electron chi connectivity index (χ4n) is 4.69. The number of nitrogens with zero attached hydrogens (tertiary/aromatic N) is 3. The molecule has 3 aromatic carbocycles. The zero-order valence-corrected chi connectivity index (χ0v) is 21.0. The van der Waals surface area contributed by atoms with Crippen LogP contribution in [-0.4, -0.2) is 28.4 Å². The molecule has 0 saturated heterocycles. The van der Waals surface area contributed by atoms with Crippen molar-refractivity contribution in [3.05, 3.63) is 95.8 Å². The lowest BCUT2D eigenvalue weighted by Gasteiger charge is -2.24. The van der Waals surface area contributed by atoms with E-state index < -0.39 is 0 Å². The molecule has 0 atom stereocenters. The maximum Gasteiger partial charge on any atom is 0.231 e. The van der Waals surface area contributed by atoms with E-state index in [2.05, 4.69) is 64.9 Å². The van der Waals surface area contributed by atoms with Gasteiger partial charge < -0.3 is 18.8 Å². The fourth-order valence-corrected chi connectivity index (χ4v) is 4.69. The number of aromatic nitrogens is 2. The molecule has 0 saturated carbocycles. The van der Waals surface area contributed by atoms with Gasteiger partial charge in [0, 0.05) is 37.3 Å². The molecule has 186 valence electrons. The molecular formula is C30H33N3O3. The number of unbranched alkanes of at least 4 members (excludes halogenated alkanes) is 1. The summed E-state index contributed by atoms with van der Waals surface area (Å²) in [6.07, 6.45) is 4.28. The summed E-state index contributed by atoms with van der Waals surface area (Å²) in [4.78, 5) is 7.30. The van der Waals surface area contributed by atoms with Gasteiger partial charge in [0.05, 0.1) is 19.0 Å². The van der Waals surface area contributed by atoms with Crippen LogP contribution in [0.25, 0.3) is 11.4 Å². The Hall–Kier alpha value is -3.77. The van der Waals surface area contributed by atoms with Gasteiger partial charge in [-0.1, -0.05) is 67.9 Å². The zero-order valence-electron chi connectivity index (χ0n) is 21.0. The van der Waals surface area contributed by atoms with Gasteiger partial charge in [-0.2, -0.15) is 0 Å². The lowest BCUT2D eigenvalue weighted by Crippen LogP contribution is -2.24. The van der Waals surface area contributed by atoms with E-state index in [-0.39, 0.29) is 6.79 Å². The van der Waals surface area contributed by atoms with E-state index in [0.717, 1.165) is 73.2 Å². The van der Waals surface area contributed by atoms with E-state index in [9.17, 15) is 0 Å². The first kappa shape index (κ1) is 23.9. The SMILES string of the molecule is CCCCn1c(CN(Cc2ccc3c(c2)OCO3)Cc2ccccc2OC)cnc1-c1ccccc1. The topological polar surface area (TPSA) is 48.8 Å². The minimum absolute atomic E-state index is 0.280. The van der Waals surface area contributed by atoms with E-state index >= 15 is 0 Å². The average molecular weight is 484 g/mol. The van der Waals surface area contributed by atoms with E-state index in [0.29, 0.717) is 0 Å². The lowest BCUT2D eigenvalue weighted by molar-refractivity contribution is 0.174. The van der Waals surface area contributed by atoms with Crippen molar-refractivity contribution < 1.29 is 14.2 Å². The third-order valence-corrected chi connectivity index (χ3v) is 6.52. The molecule has 6 nitrogen and oxygen atoms in total. The van der Waals surface area contributed by atoms with Crippen LogP contribution in [0.4, 0.5) is 0 Å². The van der Waals surface area contributed by atoms with Crippen LogP contribution in [-0.2, 0) is 26.2 Å². The number of para-hydroxylation sites is 1. The molecule has 36 heavy (non-hydrogen) atoms. The Bertz CT molecular complexity index is 1290. The van der Waals surface area contributed by atoms with Crippen molar-refractivity contribution in [3.63, 3.8) is 0 Å². The predicted octanol–water partition coefficient (Wildman–Crippen LogP) is 6.29. The smallest absolute Gasteiger partial charge is 0.231 e. The highest BCUT2D eigenvalue weighted by atomic mass is 16.7. The molecule has 0 spiro atoms. The Balaban J connectivity index is 1.46. The van der Waals surface area contributed by atoms with Crippen molar-refractivity contribution in [2.24, 2.45) is 0 Å². The molecular weight excluding hydrogens is 450 g/mol. The summed E-state index contributed by atoms with van der Waals surface area (Å²) in [6, 6.07) is 24.9. The van der Waals surface area contributed by atoms with Gasteiger partial charge in [-0.15, -0.1) is 0 Å². The molecule has 0 fully saturated rings. The first-order valence-corrected chi connectivity index (χ1v) is 12.6. The second-order valence-corrected chi connectivity index (χ2v) is 9.09. The summed E-state index contributed by atoms with van der Waals surface area (Å²) < 4.78 is 19.2. The molecule has 0 amide bonds. The van der Waals surface area contributed by atoms with E-state index in [4.69, 9.17) is 19.2 Å². The van der Waals surface area contributed by atoms with Gasteiger partial charge in [-0.25, -0.2) is 4.98 Å². The predicted molar refractivity (Wildman–Crippen MR) is 141 cm³/mol. The van der Waals surface area contributed by atoms with Crippen LogP contribution in [0.5, 0.6) is 17.2 Å². The first-order valence-electron chi connectivity index (χ1n) is 12.6. The number of methoxy groups -OCH3 is 1. The van der Waals surface area contributed by atoms with E-state index in [1.54, 1.807) is 7.11 Å². The minimum atomic E-state index is 0.280. The van der Waals surface area contributed by atoms with Crippen molar-refractivity contribution >= 4 is 0 Å². The van der Waals surface area contributed by atoms with Crippen molar-refractivity contribution in [1.82, 2.24) is 14.5 Å². The van der Waals surface area contributed by atoms with Gasteiger partial charge in [0.15, 0.2) is 11.5 Å². The molecule has 4 aromatic rings. The third-order valence-electron chi connectivity index (χ3n) is 6.52. The van der Waals surface area contributed by atoms with Crippen LogP contribution < -0.4 is 14.2 Å². The molecule has 2 heterocycles. The van der Waals surface area contributed by atoms with E-state index in [1.807, 2.05) is 30.5 Å². The second-order valence-electron chi connectivity index (χ2n) is 9.09. The van der Waals surface area contributed by atoms with Crippen molar-refractivity contribution in [2.75, 3.05) is 13.9 Å². The number of rotatable bonds is 11. The Morgan fingerprint density at radius 3 is 2.56 bits per heavy atom. The highest BCUT2D eigenvalue weighted by Crippen LogP contribution is 2.33. The van der Waals surface area contributed by atoms with Crippen LogP contribution in [0.15, 0.2) is 79.0 Å². The van der Waals surface area contributed by atoms with Gasteiger partial charge >= 0.3 is 0 Å². The summed E-state index contributed by atoms with van der Waals surface area (Å²) in [7, 11) is 1.73. The molecule has 6 heteroatoms. The Kier molecular flexibility index (Phi) is 7.52. The average Bonchev–Trinajstić information content (AvgIpc) is 3.54. The van der Waals surface area contributed by atoms with Gasteiger partial charge in [0.25, 0.3) is 0 Å². The molecule has 1 aliphatic rings. The van der Waals surface area contributed by atoms with Gasteiger partial charge in [0.1, 0.15) is 11.6 Å². The quantitative estimate of drug-likeness (QED) is 0.251. The molecule has 1 aromatic heterocycles. The summed E-state index contributed by atoms with van der Waals surface area (Å²) in [5.74, 6) is 3.54. The zero-order chi connectivity index (χ0) is 24.7. The summed E-state index contributed by atoms with van der Waals surface area (Å²) in [6.45, 7) is 5.72. The number of hydrogen-bond acceptors (Lipinski definition) is 5. The van der Waals surface area contributed by atoms with Crippen molar-refractivity contribution in [2.45, 2.75) is 45.9 Å². The second kappa shape index (κ2) is 11.3. The van der Waals surface area contributed by atoms with Crippen LogP contribution in [0.3, 0.4) is 0 Å². The van der Waals surface area contributed by atoms with Gasteiger partial charge in [0.2, 0.25) is 6.79 Å². The van der Waals surface area contributed by atoms with Gasteiger partial charge in [-0.3, -0.25) is 4.90 Å². The van der Waals surface area contributed by atoms with Crippen molar-refractivity contribution in [3.8, 4) is 28.6 Å². The van der Waals surface area contributed by atoms with Crippen LogP contribution in [0, 0.1) is 0 Å². The normalized spacial score (nSPS) is 12.3. The minimum Gasteiger partial charge on any atom is -0.496 e. The molecule has 0 aliphatic carbocycles. The molecule has 0 radical (unpaired) electrons. The Morgan fingerprint density at radius 2 is 1.72 bits per heavy atom. The largest absolute Gasteiger partial charge is 0.496 e. The maximum atomic E-state index is 5.67. The number of ether oxygens (including phenoxy) is 3. The molecule has 1 aliphatic heterocycles. The third kappa shape index (κ3) is 5.39. The van der Waals surface area contributed by atoms with E-state index in [1.165, 1.54) is 11.3 Å². The fraction of sp³-hybridized carbons (Fsp3) is 0.300. The maximum absolute atomic E-state index is 5.67. The van der Waals surface area contributed by atoms with Gasteiger partial charge in [-0.05, 0) is 30.2 Å². The molecule has 0 N–H and O–H groups in total. The molecule has 5 rings (SSSR count). The lowest BCUT2D eigenvalue weighted by atomic mass is 10.1. The summed E-state index contributed by atoms with van der Waals surface area (Å²) in [5, 5.41) is 0. The number of benzene rings is 3. The number of hydrogen-bond donors (Lipinski definition) is 0.